The molecule has 1 amide bonds. The summed E-state index contributed by atoms with van der Waals surface area (Å²) < 4.78 is 17.8. The van der Waals surface area contributed by atoms with Crippen LogP contribution in [0.4, 0.5) is 5.82 Å². The Balaban J connectivity index is 1.32. The number of carbonyl (C=O) groups excluding carboxylic acids is 1. The molecule has 5 rings (SSSR count). The molecule has 2 aromatic carbocycles. The van der Waals surface area contributed by atoms with Crippen LogP contribution >= 0.6 is 0 Å². The monoisotopic (exact) mass is 489 g/mol. The fraction of sp³-hybridized carbons (Fsp3) is 0.320. The summed E-state index contributed by atoms with van der Waals surface area (Å²) in [7, 11) is 3.12. The Bertz CT molecular complexity index is 1360. The minimum absolute atomic E-state index is 0.0510. The molecule has 0 aliphatic carbocycles. The molecule has 0 spiro atoms. The molecule has 11 heteroatoms. The number of aromatic nitrogens is 5. The highest BCUT2D eigenvalue weighted by Crippen LogP contribution is 2.29. The van der Waals surface area contributed by atoms with Crippen molar-refractivity contribution in [3.05, 3.63) is 54.4 Å². The van der Waals surface area contributed by atoms with E-state index in [1.807, 2.05) is 36.1 Å². The van der Waals surface area contributed by atoms with Gasteiger partial charge in [0.15, 0.2) is 28.5 Å². The van der Waals surface area contributed by atoms with Crippen molar-refractivity contribution in [3.63, 3.8) is 0 Å². The maximum absolute atomic E-state index is 13.1. The molecular formula is C25H27N7O4. The van der Waals surface area contributed by atoms with Gasteiger partial charge in [-0.3, -0.25) is 4.79 Å². The van der Waals surface area contributed by atoms with Gasteiger partial charge < -0.3 is 24.0 Å². The molecule has 186 valence electrons. The predicted octanol–water partition coefficient (Wildman–Crippen LogP) is 2.59. The molecule has 0 N–H and O–H groups in total. The number of amides is 1. The third-order valence-electron chi connectivity index (χ3n) is 6.11. The Morgan fingerprint density at radius 3 is 2.39 bits per heavy atom. The second kappa shape index (κ2) is 10.1. The van der Waals surface area contributed by atoms with Crippen LogP contribution in [0.3, 0.4) is 0 Å². The lowest BCUT2D eigenvalue weighted by Crippen LogP contribution is -2.49. The lowest BCUT2D eigenvalue weighted by Gasteiger charge is -2.35. The molecule has 0 atom stereocenters. The van der Waals surface area contributed by atoms with Crippen LogP contribution in [-0.2, 0) is 0 Å². The van der Waals surface area contributed by atoms with Crippen LogP contribution in [0.1, 0.15) is 17.3 Å². The number of carbonyl (C=O) groups is 1. The quantitative estimate of drug-likeness (QED) is 0.387. The summed E-state index contributed by atoms with van der Waals surface area (Å²) in [5, 5.41) is 8.69. The van der Waals surface area contributed by atoms with Gasteiger partial charge in [0, 0.05) is 31.7 Å². The molecule has 1 fully saturated rings. The zero-order valence-electron chi connectivity index (χ0n) is 20.4. The third-order valence-corrected chi connectivity index (χ3v) is 6.11. The van der Waals surface area contributed by atoms with Crippen LogP contribution in [0.5, 0.6) is 17.2 Å². The van der Waals surface area contributed by atoms with E-state index in [-0.39, 0.29) is 5.91 Å². The Morgan fingerprint density at radius 1 is 0.944 bits per heavy atom. The molecule has 1 aliphatic heterocycles. The predicted molar refractivity (Wildman–Crippen MR) is 133 cm³/mol. The molecule has 0 bridgehead atoms. The lowest BCUT2D eigenvalue weighted by atomic mass is 10.1. The van der Waals surface area contributed by atoms with Crippen molar-refractivity contribution in [2.24, 2.45) is 0 Å². The van der Waals surface area contributed by atoms with Crippen molar-refractivity contribution >= 4 is 22.9 Å². The highest BCUT2D eigenvalue weighted by molar-refractivity contribution is 5.95. The van der Waals surface area contributed by atoms with E-state index < -0.39 is 0 Å². The SMILES string of the molecule is CCOc1ccc(-n2nnc3c(N4CCN(C(=O)c5ccc(OC)c(OC)c5)CC4)ncnc32)cc1. The molecule has 1 saturated heterocycles. The highest BCUT2D eigenvalue weighted by atomic mass is 16.5. The Kier molecular flexibility index (Phi) is 6.52. The van der Waals surface area contributed by atoms with Crippen LogP contribution in [0.15, 0.2) is 48.8 Å². The summed E-state index contributed by atoms with van der Waals surface area (Å²) in [6, 6.07) is 12.8. The number of fused-ring (bicyclic) bond motifs is 1. The number of nitrogens with zero attached hydrogens (tertiary/aromatic N) is 7. The van der Waals surface area contributed by atoms with E-state index in [4.69, 9.17) is 14.2 Å². The standard InChI is InChI=1S/C25H27N7O4/c1-4-36-19-8-6-18(7-9-19)32-24-22(28-29-32)23(26-16-27-24)30-11-13-31(14-12-30)25(33)17-5-10-20(34-2)21(15-17)35-3/h5-10,15-16H,4,11-14H2,1-3H3. The normalized spacial score (nSPS) is 13.6. The first-order chi connectivity index (χ1) is 17.6. The van der Waals surface area contributed by atoms with Gasteiger partial charge in [-0.2, -0.15) is 4.68 Å². The van der Waals surface area contributed by atoms with Crippen molar-refractivity contribution < 1.29 is 19.0 Å². The largest absolute Gasteiger partial charge is 0.494 e. The van der Waals surface area contributed by atoms with E-state index in [2.05, 4.69) is 25.2 Å². The topological polar surface area (TPSA) is 108 Å². The van der Waals surface area contributed by atoms with E-state index >= 15 is 0 Å². The van der Waals surface area contributed by atoms with Crippen molar-refractivity contribution in [1.29, 1.82) is 0 Å². The number of methoxy groups -OCH3 is 2. The van der Waals surface area contributed by atoms with E-state index in [0.717, 1.165) is 11.4 Å². The molecule has 4 aromatic rings. The van der Waals surface area contributed by atoms with Gasteiger partial charge in [-0.1, -0.05) is 5.21 Å². The van der Waals surface area contributed by atoms with Gasteiger partial charge in [-0.25, -0.2) is 9.97 Å². The summed E-state index contributed by atoms with van der Waals surface area (Å²) in [5.74, 6) is 2.56. The number of hydrogen-bond donors (Lipinski definition) is 0. The molecule has 0 unspecified atom stereocenters. The fourth-order valence-electron chi connectivity index (χ4n) is 4.27. The third kappa shape index (κ3) is 4.35. The van der Waals surface area contributed by atoms with Crippen molar-refractivity contribution in [2.75, 3.05) is 51.9 Å². The number of benzene rings is 2. The van der Waals surface area contributed by atoms with Crippen LogP contribution in [0, 0.1) is 0 Å². The minimum Gasteiger partial charge on any atom is -0.494 e. The lowest BCUT2D eigenvalue weighted by molar-refractivity contribution is 0.0746. The fourth-order valence-corrected chi connectivity index (χ4v) is 4.27. The van der Waals surface area contributed by atoms with E-state index in [9.17, 15) is 4.79 Å². The first-order valence-corrected chi connectivity index (χ1v) is 11.7. The zero-order valence-corrected chi connectivity index (χ0v) is 20.4. The molecule has 3 heterocycles. The van der Waals surface area contributed by atoms with Crippen LogP contribution in [0.25, 0.3) is 16.9 Å². The Morgan fingerprint density at radius 2 is 1.69 bits per heavy atom. The average Bonchev–Trinajstić information content (AvgIpc) is 3.37. The molecular weight excluding hydrogens is 462 g/mol. The molecule has 0 saturated carbocycles. The van der Waals surface area contributed by atoms with Gasteiger partial charge >= 0.3 is 0 Å². The smallest absolute Gasteiger partial charge is 0.254 e. The van der Waals surface area contributed by atoms with Gasteiger partial charge in [0.1, 0.15) is 12.1 Å². The van der Waals surface area contributed by atoms with Gasteiger partial charge in [0.25, 0.3) is 5.91 Å². The first-order valence-electron chi connectivity index (χ1n) is 11.7. The molecule has 1 aliphatic rings. The first kappa shape index (κ1) is 23.3. The van der Waals surface area contributed by atoms with Gasteiger partial charge in [0.2, 0.25) is 0 Å². The Labute approximate surface area is 208 Å². The number of ether oxygens (including phenoxy) is 3. The zero-order chi connectivity index (χ0) is 25.1. The van der Waals surface area contributed by atoms with Gasteiger partial charge in [0.05, 0.1) is 26.5 Å². The van der Waals surface area contributed by atoms with E-state index in [0.29, 0.717) is 66.8 Å². The summed E-state index contributed by atoms with van der Waals surface area (Å²) in [4.78, 5) is 26.0. The summed E-state index contributed by atoms with van der Waals surface area (Å²) in [6.07, 6.45) is 1.52. The highest BCUT2D eigenvalue weighted by Gasteiger charge is 2.26. The molecule has 11 nitrogen and oxygen atoms in total. The maximum Gasteiger partial charge on any atom is 0.254 e. The van der Waals surface area contributed by atoms with Crippen molar-refractivity contribution in [2.45, 2.75) is 6.92 Å². The van der Waals surface area contributed by atoms with Crippen LogP contribution in [-0.4, -0.2) is 82.8 Å². The van der Waals surface area contributed by atoms with Crippen molar-refractivity contribution in [3.8, 4) is 22.9 Å². The molecule has 0 radical (unpaired) electrons. The van der Waals surface area contributed by atoms with Gasteiger partial charge in [-0.05, 0) is 49.4 Å². The number of anilines is 1. The second-order valence-electron chi connectivity index (χ2n) is 8.15. The second-order valence-corrected chi connectivity index (χ2v) is 8.15. The van der Waals surface area contributed by atoms with E-state index in [1.165, 1.54) is 6.33 Å². The summed E-state index contributed by atoms with van der Waals surface area (Å²) >= 11 is 0. The van der Waals surface area contributed by atoms with Gasteiger partial charge in [-0.15, -0.1) is 5.10 Å². The minimum atomic E-state index is -0.0510. The average molecular weight is 490 g/mol. The van der Waals surface area contributed by atoms with Crippen LogP contribution in [0.2, 0.25) is 0 Å². The van der Waals surface area contributed by atoms with Crippen molar-refractivity contribution in [1.82, 2.24) is 29.9 Å². The number of hydrogen-bond acceptors (Lipinski definition) is 9. The summed E-state index contributed by atoms with van der Waals surface area (Å²) in [6.45, 7) is 4.87. The molecule has 36 heavy (non-hydrogen) atoms. The van der Waals surface area contributed by atoms with Crippen LogP contribution < -0.4 is 19.1 Å². The Hall–Kier alpha value is -4.41. The number of piperazine rings is 1. The summed E-state index contributed by atoms with van der Waals surface area (Å²) in [5.41, 5.74) is 2.62. The van der Waals surface area contributed by atoms with E-state index in [1.54, 1.807) is 37.1 Å². The maximum atomic E-state index is 13.1. The molecule has 2 aromatic heterocycles. The number of rotatable bonds is 7.